The number of aryl methyl sites for hydroxylation is 1. The first-order valence-corrected chi connectivity index (χ1v) is 7.72. The topological polar surface area (TPSA) is 80.0 Å². The molecule has 0 fully saturated rings. The van der Waals surface area contributed by atoms with Gasteiger partial charge in [-0.2, -0.15) is 0 Å². The number of hydrogen-bond acceptors (Lipinski definition) is 4. The molecule has 0 bridgehead atoms. The number of benzene rings is 1. The first kappa shape index (κ1) is 16.9. The molecule has 0 amide bonds. The van der Waals surface area contributed by atoms with Crippen molar-refractivity contribution in [1.82, 2.24) is 19.9 Å². The average molecular weight is 314 g/mol. The molecule has 23 heavy (non-hydrogen) atoms. The van der Waals surface area contributed by atoms with Crippen LogP contribution >= 0.6 is 0 Å². The van der Waals surface area contributed by atoms with Gasteiger partial charge in [0.05, 0.1) is 30.1 Å². The number of carboxylic acid groups (broad SMARTS) is 1. The molecule has 6 nitrogen and oxygen atoms in total. The smallest absolute Gasteiger partial charge is 0.317 e. The molecule has 0 unspecified atom stereocenters. The van der Waals surface area contributed by atoms with Crippen LogP contribution in [0.15, 0.2) is 36.8 Å². The molecule has 2 N–H and O–H groups in total. The summed E-state index contributed by atoms with van der Waals surface area (Å²) >= 11 is 0. The molecule has 6 heteroatoms. The van der Waals surface area contributed by atoms with Crippen molar-refractivity contribution in [2.45, 2.75) is 26.3 Å². The Hall–Kier alpha value is -2.47. The lowest BCUT2D eigenvalue weighted by Gasteiger charge is -2.05. The minimum Gasteiger partial charge on any atom is -0.480 e. The number of carboxylic acids is 1. The fourth-order valence-corrected chi connectivity index (χ4v) is 2.35. The number of para-hydroxylation sites is 1. The van der Waals surface area contributed by atoms with Gasteiger partial charge in [-0.25, -0.2) is 4.98 Å². The Labute approximate surface area is 135 Å². The molecule has 0 saturated heterocycles. The van der Waals surface area contributed by atoms with Crippen molar-refractivity contribution in [1.29, 1.82) is 0 Å². The maximum atomic E-state index is 9.54. The van der Waals surface area contributed by atoms with Crippen LogP contribution in [0.25, 0.3) is 21.9 Å². The van der Waals surface area contributed by atoms with E-state index in [9.17, 15) is 4.79 Å². The van der Waals surface area contributed by atoms with Gasteiger partial charge in [0.2, 0.25) is 0 Å². The number of pyridine rings is 1. The molecule has 0 saturated carbocycles. The number of nitrogens with zero attached hydrogens (tertiary/aromatic N) is 3. The molecule has 0 aliphatic heterocycles. The number of imidazole rings is 1. The highest BCUT2D eigenvalue weighted by atomic mass is 16.4. The molecule has 122 valence electrons. The van der Waals surface area contributed by atoms with Crippen molar-refractivity contribution in [2.24, 2.45) is 0 Å². The fourth-order valence-electron chi connectivity index (χ4n) is 2.35. The van der Waals surface area contributed by atoms with Gasteiger partial charge < -0.3 is 15.0 Å². The third-order valence-electron chi connectivity index (χ3n) is 3.43. The van der Waals surface area contributed by atoms with E-state index in [0.717, 1.165) is 17.6 Å². The lowest BCUT2D eigenvalue weighted by atomic mass is 10.2. The number of nitrogens with one attached hydrogen (secondary N) is 1. The zero-order valence-electron chi connectivity index (χ0n) is 13.5. The maximum Gasteiger partial charge on any atom is 0.317 e. The number of aromatic nitrogens is 3. The van der Waals surface area contributed by atoms with Gasteiger partial charge in [0.15, 0.2) is 0 Å². The van der Waals surface area contributed by atoms with Crippen molar-refractivity contribution in [3.05, 3.63) is 36.8 Å². The number of carbonyl (C=O) groups is 1. The third-order valence-corrected chi connectivity index (χ3v) is 3.43. The van der Waals surface area contributed by atoms with E-state index in [2.05, 4.69) is 38.9 Å². The van der Waals surface area contributed by atoms with Gasteiger partial charge in [0.1, 0.15) is 5.52 Å². The van der Waals surface area contributed by atoms with Gasteiger partial charge in [0.25, 0.3) is 0 Å². The van der Waals surface area contributed by atoms with Gasteiger partial charge in [-0.05, 0) is 19.5 Å². The minimum absolute atomic E-state index is 0.0417. The Morgan fingerprint density at radius 1 is 1.26 bits per heavy atom. The molecule has 3 rings (SSSR count). The zero-order valence-corrected chi connectivity index (χ0v) is 13.5. The van der Waals surface area contributed by atoms with E-state index in [1.54, 1.807) is 7.05 Å². The number of rotatable bonds is 5. The summed E-state index contributed by atoms with van der Waals surface area (Å²) < 4.78 is 2.24. The maximum absolute atomic E-state index is 9.54. The lowest BCUT2D eigenvalue weighted by Crippen LogP contribution is -2.16. The predicted octanol–water partition coefficient (Wildman–Crippen LogP) is 2.68. The van der Waals surface area contributed by atoms with Crippen molar-refractivity contribution in [3.63, 3.8) is 0 Å². The van der Waals surface area contributed by atoms with Crippen LogP contribution < -0.4 is 5.32 Å². The normalized spacial score (nSPS) is 10.5. The molecular weight excluding hydrogens is 292 g/mol. The van der Waals surface area contributed by atoms with Crippen molar-refractivity contribution in [2.75, 3.05) is 13.6 Å². The van der Waals surface area contributed by atoms with Crippen LogP contribution in [0.5, 0.6) is 0 Å². The average Bonchev–Trinajstić information content (AvgIpc) is 2.97. The SMILES string of the molecule is CCCCn1cnc2cnc3ccccc3c21.CNCC(=O)O. The standard InChI is InChI=1S/C14H15N3.C3H7NO2/c1-2-3-8-17-10-16-13-9-15-12-7-5-4-6-11(12)14(13)17;1-4-2-3(5)6/h4-7,9-10H,2-3,8H2,1H3;4H,2H2,1H3,(H,5,6). The molecule has 3 aromatic rings. The summed E-state index contributed by atoms with van der Waals surface area (Å²) in [5, 5.41) is 11.5. The second-order valence-electron chi connectivity index (χ2n) is 5.22. The fraction of sp³-hybridized carbons (Fsp3) is 0.353. The highest BCUT2D eigenvalue weighted by Gasteiger charge is 2.07. The van der Waals surface area contributed by atoms with E-state index in [1.807, 2.05) is 24.7 Å². The Kier molecular flexibility index (Phi) is 6.05. The monoisotopic (exact) mass is 314 g/mol. The van der Waals surface area contributed by atoms with Crippen molar-refractivity contribution < 1.29 is 9.90 Å². The summed E-state index contributed by atoms with van der Waals surface area (Å²) in [5.74, 6) is -0.822. The van der Waals surface area contributed by atoms with Gasteiger partial charge in [-0.3, -0.25) is 9.78 Å². The summed E-state index contributed by atoms with van der Waals surface area (Å²) in [4.78, 5) is 18.4. The van der Waals surface area contributed by atoms with Gasteiger partial charge in [-0.1, -0.05) is 31.5 Å². The summed E-state index contributed by atoms with van der Waals surface area (Å²) in [6.07, 6.45) is 6.17. The number of aliphatic carboxylic acids is 1. The van der Waals surface area contributed by atoms with E-state index in [4.69, 9.17) is 5.11 Å². The molecule has 2 heterocycles. The van der Waals surface area contributed by atoms with Crippen molar-refractivity contribution in [3.8, 4) is 0 Å². The van der Waals surface area contributed by atoms with Crippen LogP contribution in [0.4, 0.5) is 0 Å². The second-order valence-corrected chi connectivity index (χ2v) is 5.22. The first-order valence-electron chi connectivity index (χ1n) is 7.72. The van der Waals surface area contributed by atoms with Crippen LogP contribution in [0.3, 0.4) is 0 Å². The third kappa shape index (κ3) is 4.26. The van der Waals surface area contributed by atoms with Crippen molar-refractivity contribution >= 4 is 27.9 Å². The number of unbranched alkanes of at least 4 members (excludes halogenated alkanes) is 1. The van der Waals surface area contributed by atoms with Crippen LogP contribution in [-0.2, 0) is 11.3 Å². The predicted molar refractivity (Wildman–Crippen MR) is 91.5 cm³/mol. The summed E-state index contributed by atoms with van der Waals surface area (Å²) in [6.45, 7) is 3.28. The Bertz CT molecular complexity index is 782. The molecule has 1 aromatic carbocycles. The molecule has 0 radical (unpaired) electrons. The van der Waals surface area contributed by atoms with Crippen LogP contribution in [0.2, 0.25) is 0 Å². The van der Waals surface area contributed by atoms with Gasteiger partial charge in [0, 0.05) is 11.9 Å². The highest BCUT2D eigenvalue weighted by Crippen LogP contribution is 2.22. The molecular formula is C17H22N4O2. The van der Waals surface area contributed by atoms with E-state index in [0.29, 0.717) is 0 Å². The highest BCUT2D eigenvalue weighted by molar-refractivity contribution is 6.01. The van der Waals surface area contributed by atoms with E-state index in [-0.39, 0.29) is 6.54 Å². The van der Waals surface area contributed by atoms with Gasteiger partial charge in [-0.15, -0.1) is 0 Å². The molecule has 0 aliphatic carbocycles. The quantitative estimate of drug-likeness (QED) is 0.757. The molecule has 2 aromatic heterocycles. The van der Waals surface area contributed by atoms with Crippen LogP contribution in [0.1, 0.15) is 19.8 Å². The number of likely N-dealkylation sites (N-methyl/N-ethyl adjacent to an activating group) is 1. The largest absolute Gasteiger partial charge is 0.480 e. The van der Waals surface area contributed by atoms with E-state index < -0.39 is 5.97 Å². The first-order chi connectivity index (χ1) is 11.2. The minimum atomic E-state index is -0.822. The molecule has 0 atom stereocenters. The zero-order chi connectivity index (χ0) is 16.7. The second kappa shape index (κ2) is 8.24. The summed E-state index contributed by atoms with van der Waals surface area (Å²) in [6, 6.07) is 8.25. The number of fused-ring (bicyclic) bond motifs is 3. The van der Waals surface area contributed by atoms with Crippen LogP contribution in [0, 0.1) is 0 Å². The summed E-state index contributed by atoms with van der Waals surface area (Å²) in [5.41, 5.74) is 3.24. The lowest BCUT2D eigenvalue weighted by molar-refractivity contribution is -0.135. The molecule has 0 aliphatic rings. The van der Waals surface area contributed by atoms with E-state index in [1.165, 1.54) is 23.7 Å². The Balaban J connectivity index is 0.000000277. The number of hydrogen-bond donors (Lipinski definition) is 2. The van der Waals surface area contributed by atoms with Crippen LogP contribution in [-0.4, -0.2) is 39.2 Å². The van der Waals surface area contributed by atoms with Gasteiger partial charge >= 0.3 is 5.97 Å². The molecule has 0 spiro atoms. The Morgan fingerprint density at radius 3 is 2.70 bits per heavy atom. The Morgan fingerprint density at radius 2 is 2.04 bits per heavy atom. The summed E-state index contributed by atoms with van der Waals surface area (Å²) in [7, 11) is 1.59. The van der Waals surface area contributed by atoms with E-state index >= 15 is 0 Å².